The standard InChI is InChI=1S/C26H24N2O3S/c1-16-10-12-17(13-11-16)23-22-24(29)18-7-4-5-8-20(18)31-25(22)26(30)28(23)15-19(27(2)3)21-9-6-14-32-21/h4-14,19,23H,15H2,1-3H3/t19-,23+/m1/s1. The molecule has 0 N–H and O–H groups in total. The fourth-order valence-corrected chi connectivity index (χ4v) is 5.34. The Kier molecular flexibility index (Phi) is 5.19. The number of carbonyl (C=O) groups excluding carboxylic acids is 1. The van der Waals surface area contributed by atoms with Crippen LogP contribution in [-0.4, -0.2) is 36.3 Å². The molecule has 162 valence electrons. The third kappa shape index (κ3) is 3.36. The van der Waals surface area contributed by atoms with Crippen molar-refractivity contribution in [1.82, 2.24) is 9.80 Å². The number of para-hydroxylation sites is 1. The van der Waals surface area contributed by atoms with E-state index < -0.39 is 6.04 Å². The van der Waals surface area contributed by atoms with Crippen molar-refractivity contribution >= 4 is 28.2 Å². The quantitative estimate of drug-likeness (QED) is 0.434. The minimum absolute atomic E-state index is 0.00530. The Morgan fingerprint density at radius 3 is 2.47 bits per heavy atom. The fourth-order valence-electron chi connectivity index (χ4n) is 4.43. The van der Waals surface area contributed by atoms with Gasteiger partial charge in [0, 0.05) is 11.4 Å². The lowest BCUT2D eigenvalue weighted by Crippen LogP contribution is -2.37. The van der Waals surface area contributed by atoms with Gasteiger partial charge in [0.05, 0.1) is 23.0 Å². The molecular formula is C26H24N2O3S. The lowest BCUT2D eigenvalue weighted by molar-refractivity contribution is 0.0677. The molecule has 0 spiro atoms. The van der Waals surface area contributed by atoms with Crippen molar-refractivity contribution in [3.8, 4) is 0 Å². The Morgan fingerprint density at radius 1 is 1.03 bits per heavy atom. The van der Waals surface area contributed by atoms with Gasteiger partial charge in [0.15, 0.2) is 5.43 Å². The van der Waals surface area contributed by atoms with Crippen molar-refractivity contribution < 1.29 is 9.21 Å². The van der Waals surface area contributed by atoms with Crippen molar-refractivity contribution in [3.05, 3.63) is 104 Å². The third-order valence-corrected chi connectivity index (χ3v) is 7.10. The smallest absolute Gasteiger partial charge is 0.290 e. The van der Waals surface area contributed by atoms with Gasteiger partial charge in [0.1, 0.15) is 5.58 Å². The van der Waals surface area contributed by atoms with Crippen LogP contribution in [0, 0.1) is 6.92 Å². The first kappa shape index (κ1) is 20.7. The number of nitrogens with zero attached hydrogens (tertiary/aromatic N) is 2. The molecule has 1 aliphatic heterocycles. The van der Waals surface area contributed by atoms with Crippen LogP contribution in [0.25, 0.3) is 11.0 Å². The molecule has 1 amide bonds. The van der Waals surface area contributed by atoms with E-state index in [0.717, 1.165) is 11.1 Å². The number of hydrogen-bond donors (Lipinski definition) is 0. The van der Waals surface area contributed by atoms with E-state index in [0.29, 0.717) is 23.1 Å². The van der Waals surface area contributed by atoms with Crippen LogP contribution in [0.2, 0.25) is 0 Å². The molecule has 3 heterocycles. The summed E-state index contributed by atoms with van der Waals surface area (Å²) in [4.78, 5) is 32.3. The van der Waals surface area contributed by atoms with Crippen LogP contribution in [0.1, 0.15) is 44.2 Å². The summed E-state index contributed by atoms with van der Waals surface area (Å²) in [5.41, 5.74) is 2.77. The molecule has 2 atom stereocenters. The number of benzene rings is 2. The highest BCUT2D eigenvalue weighted by atomic mass is 32.1. The number of amides is 1. The summed E-state index contributed by atoms with van der Waals surface area (Å²) in [5.74, 6) is -0.0835. The van der Waals surface area contributed by atoms with Gasteiger partial charge < -0.3 is 14.2 Å². The molecule has 2 aromatic heterocycles. The minimum atomic E-state index is -0.485. The first-order valence-electron chi connectivity index (χ1n) is 10.6. The highest BCUT2D eigenvalue weighted by molar-refractivity contribution is 7.10. The number of aryl methyl sites for hydroxylation is 1. The molecule has 6 heteroatoms. The summed E-state index contributed by atoms with van der Waals surface area (Å²) >= 11 is 1.67. The number of thiophene rings is 1. The zero-order chi connectivity index (χ0) is 22.4. The molecule has 0 bridgehead atoms. The summed E-state index contributed by atoms with van der Waals surface area (Å²) in [6.45, 7) is 2.47. The van der Waals surface area contributed by atoms with Gasteiger partial charge in [0.25, 0.3) is 5.91 Å². The average Bonchev–Trinajstić information content (AvgIpc) is 3.40. The molecule has 0 radical (unpaired) electrons. The Hall–Kier alpha value is -3.22. The van der Waals surface area contributed by atoms with E-state index >= 15 is 0 Å². The van der Waals surface area contributed by atoms with Crippen LogP contribution >= 0.6 is 11.3 Å². The Labute approximate surface area is 190 Å². The number of carbonyl (C=O) groups is 1. The first-order valence-corrected chi connectivity index (χ1v) is 11.5. The topological polar surface area (TPSA) is 53.8 Å². The van der Waals surface area contributed by atoms with E-state index in [4.69, 9.17) is 4.42 Å². The highest BCUT2D eigenvalue weighted by Gasteiger charge is 2.43. The van der Waals surface area contributed by atoms with Crippen molar-refractivity contribution in [2.75, 3.05) is 20.6 Å². The molecule has 32 heavy (non-hydrogen) atoms. The molecule has 4 aromatic rings. The average molecular weight is 445 g/mol. The van der Waals surface area contributed by atoms with Crippen LogP contribution in [0.3, 0.4) is 0 Å². The maximum absolute atomic E-state index is 13.6. The first-order chi connectivity index (χ1) is 15.5. The summed E-state index contributed by atoms with van der Waals surface area (Å²) in [5, 5.41) is 2.54. The molecule has 2 aromatic carbocycles. The predicted octanol–water partition coefficient (Wildman–Crippen LogP) is 5.01. The maximum atomic E-state index is 13.6. The summed E-state index contributed by atoms with van der Waals surface area (Å²) in [6, 6.07) is 18.8. The Balaban J connectivity index is 1.69. The second-order valence-electron chi connectivity index (χ2n) is 8.44. The maximum Gasteiger partial charge on any atom is 0.290 e. The van der Waals surface area contributed by atoms with Gasteiger partial charge in [-0.3, -0.25) is 9.59 Å². The van der Waals surface area contributed by atoms with Gasteiger partial charge in [-0.25, -0.2) is 0 Å². The van der Waals surface area contributed by atoms with E-state index in [1.165, 1.54) is 4.88 Å². The summed E-state index contributed by atoms with van der Waals surface area (Å²) in [7, 11) is 4.02. The molecule has 0 fully saturated rings. The van der Waals surface area contributed by atoms with Gasteiger partial charge in [-0.2, -0.15) is 0 Å². The molecule has 0 saturated carbocycles. The zero-order valence-electron chi connectivity index (χ0n) is 18.2. The third-order valence-electron chi connectivity index (χ3n) is 6.13. The molecule has 1 aliphatic rings. The SMILES string of the molecule is Cc1ccc([C@H]2c3c(oc4ccccc4c3=O)C(=O)N2C[C@H](c2cccs2)N(C)C)cc1. The van der Waals surface area contributed by atoms with Gasteiger partial charge in [-0.1, -0.05) is 48.0 Å². The minimum Gasteiger partial charge on any atom is -0.450 e. The van der Waals surface area contributed by atoms with Gasteiger partial charge in [-0.15, -0.1) is 11.3 Å². The van der Waals surface area contributed by atoms with Crippen LogP contribution in [0.5, 0.6) is 0 Å². The van der Waals surface area contributed by atoms with Crippen molar-refractivity contribution in [3.63, 3.8) is 0 Å². The van der Waals surface area contributed by atoms with E-state index in [1.807, 2.05) is 68.9 Å². The number of likely N-dealkylation sites (N-methyl/N-ethyl adjacent to an activating group) is 1. The lowest BCUT2D eigenvalue weighted by Gasteiger charge is -2.32. The van der Waals surface area contributed by atoms with Crippen LogP contribution in [-0.2, 0) is 0 Å². The van der Waals surface area contributed by atoms with Gasteiger partial charge in [-0.05, 0) is 50.2 Å². The van der Waals surface area contributed by atoms with Gasteiger partial charge in [0.2, 0.25) is 5.76 Å². The normalized spacial score (nSPS) is 16.7. The van der Waals surface area contributed by atoms with Crippen molar-refractivity contribution in [2.45, 2.75) is 19.0 Å². The zero-order valence-corrected chi connectivity index (χ0v) is 19.1. The molecule has 0 saturated heterocycles. The van der Waals surface area contributed by atoms with E-state index in [1.54, 1.807) is 28.4 Å². The number of fused-ring (bicyclic) bond motifs is 2. The number of hydrogen-bond acceptors (Lipinski definition) is 5. The predicted molar refractivity (Wildman–Crippen MR) is 127 cm³/mol. The largest absolute Gasteiger partial charge is 0.450 e. The molecule has 0 aliphatic carbocycles. The van der Waals surface area contributed by atoms with Gasteiger partial charge >= 0.3 is 0 Å². The molecule has 0 unspecified atom stereocenters. The summed E-state index contributed by atoms with van der Waals surface area (Å²) in [6.07, 6.45) is 0. The van der Waals surface area contributed by atoms with Crippen LogP contribution in [0.4, 0.5) is 0 Å². The van der Waals surface area contributed by atoms with E-state index in [-0.39, 0.29) is 23.1 Å². The van der Waals surface area contributed by atoms with Crippen LogP contribution < -0.4 is 5.43 Å². The second-order valence-corrected chi connectivity index (χ2v) is 9.41. The lowest BCUT2D eigenvalue weighted by atomic mass is 9.97. The van der Waals surface area contributed by atoms with Crippen molar-refractivity contribution in [2.24, 2.45) is 0 Å². The summed E-state index contributed by atoms with van der Waals surface area (Å²) < 4.78 is 6.03. The highest BCUT2D eigenvalue weighted by Crippen LogP contribution is 2.40. The van der Waals surface area contributed by atoms with Crippen LogP contribution in [0.15, 0.2) is 75.3 Å². The monoisotopic (exact) mass is 444 g/mol. The van der Waals surface area contributed by atoms with Crippen molar-refractivity contribution in [1.29, 1.82) is 0 Å². The number of rotatable bonds is 5. The van der Waals surface area contributed by atoms with E-state index in [2.05, 4.69) is 11.0 Å². The Morgan fingerprint density at radius 2 is 1.78 bits per heavy atom. The molecular weight excluding hydrogens is 420 g/mol. The Bertz CT molecular complexity index is 1340. The molecule has 5 rings (SSSR count). The second kappa shape index (κ2) is 8.04. The van der Waals surface area contributed by atoms with E-state index in [9.17, 15) is 9.59 Å². The molecule has 5 nitrogen and oxygen atoms in total. The fraction of sp³-hybridized carbons (Fsp3) is 0.231.